The summed E-state index contributed by atoms with van der Waals surface area (Å²) in [4.78, 5) is 26.1. The van der Waals surface area contributed by atoms with Crippen LogP contribution in [0.25, 0.3) is 10.9 Å². The number of likely N-dealkylation sites (tertiary alicyclic amines) is 1. The molecule has 1 atom stereocenters. The minimum atomic E-state index is -1.26. The molecule has 132 valence electrons. The van der Waals surface area contributed by atoms with E-state index < -0.39 is 17.2 Å². The Labute approximate surface area is 144 Å². The highest BCUT2D eigenvalue weighted by molar-refractivity contribution is 5.92. The Balaban J connectivity index is 1.92. The van der Waals surface area contributed by atoms with Gasteiger partial charge in [-0.3, -0.25) is 4.79 Å². The molecule has 1 aromatic carbocycles. The third-order valence-electron chi connectivity index (χ3n) is 5.39. The largest absolute Gasteiger partial charge is 0.477 e. The van der Waals surface area contributed by atoms with Crippen LogP contribution in [0.4, 0.5) is 4.39 Å². The van der Waals surface area contributed by atoms with E-state index >= 15 is 0 Å². The van der Waals surface area contributed by atoms with Crippen LogP contribution in [0.3, 0.4) is 0 Å². The van der Waals surface area contributed by atoms with Crippen molar-refractivity contribution in [2.45, 2.75) is 37.6 Å². The summed E-state index contributed by atoms with van der Waals surface area (Å²) in [5, 5.41) is 9.46. The fraction of sp³-hybridized carbons (Fsp3) is 0.474. The summed E-state index contributed by atoms with van der Waals surface area (Å²) < 4.78 is 16.6. The molecule has 1 saturated heterocycles. The van der Waals surface area contributed by atoms with Gasteiger partial charge in [-0.1, -0.05) is 0 Å². The number of carbonyl (C=O) groups is 1. The van der Waals surface area contributed by atoms with E-state index in [1.165, 1.54) is 12.3 Å². The van der Waals surface area contributed by atoms with Crippen LogP contribution in [0.1, 0.15) is 53.6 Å². The van der Waals surface area contributed by atoms with Crippen LogP contribution in [-0.2, 0) is 0 Å². The molecule has 1 aromatic heterocycles. The topological polar surface area (TPSA) is 62.5 Å². The van der Waals surface area contributed by atoms with E-state index in [0.29, 0.717) is 11.1 Å². The lowest BCUT2D eigenvalue weighted by Crippen LogP contribution is -2.31. The number of pyridine rings is 1. The standard InChI is InChI=1S/C19H21FN2O3/c1-21-6-2-3-11(9-21)13-8-17-14(7-16(13)20)18(23)15(19(24)25)10-22(17)12-4-5-12/h7-8,10-12H,2-6,9H2,1H3,(H,24,25). The summed E-state index contributed by atoms with van der Waals surface area (Å²) in [6, 6.07) is 3.22. The van der Waals surface area contributed by atoms with Crippen molar-refractivity contribution in [3.63, 3.8) is 0 Å². The zero-order valence-electron chi connectivity index (χ0n) is 14.2. The maximum absolute atomic E-state index is 14.8. The highest BCUT2D eigenvalue weighted by Crippen LogP contribution is 2.38. The number of aromatic carboxylic acids is 1. The van der Waals surface area contributed by atoms with E-state index in [1.807, 2.05) is 11.6 Å². The van der Waals surface area contributed by atoms with Crippen LogP contribution in [-0.4, -0.2) is 40.7 Å². The van der Waals surface area contributed by atoms with Gasteiger partial charge in [-0.25, -0.2) is 9.18 Å². The van der Waals surface area contributed by atoms with Gasteiger partial charge in [0.25, 0.3) is 0 Å². The Bertz CT molecular complexity index is 917. The first-order valence-electron chi connectivity index (χ1n) is 8.76. The van der Waals surface area contributed by atoms with E-state index in [4.69, 9.17) is 0 Å². The van der Waals surface area contributed by atoms with Gasteiger partial charge in [0.05, 0.1) is 5.52 Å². The molecule has 2 fully saturated rings. The molecule has 1 saturated carbocycles. The fourth-order valence-electron chi connectivity index (χ4n) is 3.93. The Hall–Kier alpha value is -2.21. The minimum absolute atomic E-state index is 0.102. The van der Waals surface area contributed by atoms with Crippen molar-refractivity contribution in [3.8, 4) is 0 Å². The predicted molar refractivity (Wildman–Crippen MR) is 92.9 cm³/mol. The minimum Gasteiger partial charge on any atom is -0.477 e. The second-order valence-corrected chi connectivity index (χ2v) is 7.31. The van der Waals surface area contributed by atoms with Crippen LogP contribution in [0, 0.1) is 5.82 Å². The molecule has 25 heavy (non-hydrogen) atoms. The molecule has 4 rings (SSSR count). The smallest absolute Gasteiger partial charge is 0.341 e. The van der Waals surface area contributed by atoms with Crippen LogP contribution in [0.15, 0.2) is 23.1 Å². The Kier molecular flexibility index (Phi) is 3.87. The van der Waals surface area contributed by atoms with Crippen molar-refractivity contribution in [2.75, 3.05) is 20.1 Å². The number of halogens is 1. The Morgan fingerprint density at radius 1 is 1.28 bits per heavy atom. The molecule has 0 bridgehead atoms. The quantitative estimate of drug-likeness (QED) is 0.930. The van der Waals surface area contributed by atoms with Gasteiger partial charge >= 0.3 is 5.97 Å². The second kappa shape index (κ2) is 5.95. The second-order valence-electron chi connectivity index (χ2n) is 7.31. The zero-order valence-corrected chi connectivity index (χ0v) is 14.2. The number of carboxylic acids is 1. The number of carboxylic acid groups (broad SMARTS) is 1. The molecule has 1 aliphatic carbocycles. The molecule has 1 aliphatic heterocycles. The van der Waals surface area contributed by atoms with Crippen molar-refractivity contribution >= 4 is 16.9 Å². The summed E-state index contributed by atoms with van der Waals surface area (Å²) >= 11 is 0. The summed E-state index contributed by atoms with van der Waals surface area (Å²) in [5.74, 6) is -1.57. The molecule has 0 amide bonds. The van der Waals surface area contributed by atoms with Crippen molar-refractivity contribution in [2.24, 2.45) is 0 Å². The van der Waals surface area contributed by atoms with Crippen molar-refractivity contribution < 1.29 is 14.3 Å². The zero-order chi connectivity index (χ0) is 17.7. The molecule has 5 nitrogen and oxygen atoms in total. The van der Waals surface area contributed by atoms with Crippen LogP contribution >= 0.6 is 0 Å². The lowest BCUT2D eigenvalue weighted by atomic mass is 9.89. The van der Waals surface area contributed by atoms with Gasteiger partial charge in [0.15, 0.2) is 0 Å². The molecule has 2 aliphatic rings. The summed E-state index contributed by atoms with van der Waals surface area (Å²) in [7, 11) is 2.03. The lowest BCUT2D eigenvalue weighted by Gasteiger charge is -2.30. The van der Waals surface area contributed by atoms with Crippen LogP contribution in [0.5, 0.6) is 0 Å². The number of aromatic nitrogens is 1. The number of fused-ring (bicyclic) bond motifs is 1. The molecule has 1 N–H and O–H groups in total. The van der Waals surface area contributed by atoms with Gasteiger partial charge < -0.3 is 14.6 Å². The molecular formula is C19H21FN2O3. The van der Waals surface area contributed by atoms with Gasteiger partial charge in [-0.05, 0) is 62.9 Å². The molecule has 0 radical (unpaired) electrons. The number of hydrogen-bond acceptors (Lipinski definition) is 3. The SMILES string of the molecule is CN1CCCC(c2cc3c(cc2F)c(=O)c(C(=O)O)cn3C2CC2)C1. The van der Waals surface area contributed by atoms with E-state index in [1.54, 1.807) is 6.07 Å². The first kappa shape index (κ1) is 16.3. The monoisotopic (exact) mass is 344 g/mol. The molecular weight excluding hydrogens is 323 g/mol. The Morgan fingerprint density at radius 3 is 2.68 bits per heavy atom. The van der Waals surface area contributed by atoms with Gasteiger partial charge in [-0.15, -0.1) is 0 Å². The molecule has 2 heterocycles. The highest BCUT2D eigenvalue weighted by Gasteiger charge is 2.29. The number of likely N-dealkylation sites (N-methyl/N-ethyl adjacent to an activating group) is 1. The van der Waals surface area contributed by atoms with Crippen molar-refractivity contribution in [3.05, 3.63) is 45.5 Å². The summed E-state index contributed by atoms with van der Waals surface area (Å²) in [5.41, 5.74) is 0.396. The van der Waals surface area contributed by atoms with Gasteiger partial charge in [0, 0.05) is 24.2 Å². The van der Waals surface area contributed by atoms with E-state index in [-0.39, 0.29) is 22.9 Å². The highest BCUT2D eigenvalue weighted by atomic mass is 19.1. The maximum atomic E-state index is 14.8. The number of piperidine rings is 1. The number of nitrogens with zero attached hydrogens (tertiary/aromatic N) is 2. The molecule has 0 spiro atoms. The van der Waals surface area contributed by atoms with Crippen LogP contribution < -0.4 is 5.43 Å². The summed E-state index contributed by atoms with van der Waals surface area (Å²) in [6.07, 6.45) is 5.28. The molecule has 1 unspecified atom stereocenters. The van der Waals surface area contributed by atoms with Crippen molar-refractivity contribution in [1.82, 2.24) is 9.47 Å². The summed E-state index contributed by atoms with van der Waals surface area (Å²) in [6.45, 7) is 1.81. The predicted octanol–water partition coefficient (Wildman–Crippen LogP) is 2.98. The van der Waals surface area contributed by atoms with Crippen LogP contribution in [0.2, 0.25) is 0 Å². The third kappa shape index (κ3) is 2.84. The maximum Gasteiger partial charge on any atom is 0.341 e. The average molecular weight is 344 g/mol. The lowest BCUT2D eigenvalue weighted by molar-refractivity contribution is 0.0695. The average Bonchev–Trinajstić information content (AvgIpc) is 3.39. The van der Waals surface area contributed by atoms with E-state index in [0.717, 1.165) is 38.8 Å². The number of hydrogen-bond donors (Lipinski definition) is 1. The molecule has 6 heteroatoms. The van der Waals surface area contributed by atoms with Gasteiger partial charge in [0.1, 0.15) is 11.4 Å². The third-order valence-corrected chi connectivity index (χ3v) is 5.39. The fourth-order valence-corrected chi connectivity index (χ4v) is 3.93. The van der Waals surface area contributed by atoms with E-state index in [2.05, 4.69) is 4.90 Å². The first-order chi connectivity index (χ1) is 12.0. The number of benzene rings is 1. The van der Waals surface area contributed by atoms with Crippen molar-refractivity contribution in [1.29, 1.82) is 0 Å². The van der Waals surface area contributed by atoms with Gasteiger partial charge in [-0.2, -0.15) is 0 Å². The van der Waals surface area contributed by atoms with Gasteiger partial charge in [0.2, 0.25) is 5.43 Å². The molecule has 2 aromatic rings. The van der Waals surface area contributed by atoms with E-state index in [9.17, 15) is 19.1 Å². The number of rotatable bonds is 3. The Morgan fingerprint density at radius 2 is 2.04 bits per heavy atom. The normalized spacial score (nSPS) is 21.6. The first-order valence-corrected chi connectivity index (χ1v) is 8.76.